The summed E-state index contributed by atoms with van der Waals surface area (Å²) >= 11 is 2.33. The highest BCUT2D eigenvalue weighted by molar-refractivity contribution is 8.28. The first-order valence-corrected chi connectivity index (χ1v) is 7.83. The van der Waals surface area contributed by atoms with Gasteiger partial charge >= 0.3 is 5.97 Å². The second-order valence-corrected chi connectivity index (χ2v) is 6.08. The van der Waals surface area contributed by atoms with Crippen LogP contribution in [0.3, 0.4) is 0 Å². The van der Waals surface area contributed by atoms with Crippen molar-refractivity contribution in [1.29, 1.82) is 5.26 Å². The number of esters is 1. The van der Waals surface area contributed by atoms with Crippen molar-refractivity contribution in [2.45, 2.75) is 6.92 Å². The highest BCUT2D eigenvalue weighted by Gasteiger charge is 2.26. The van der Waals surface area contributed by atoms with Crippen LogP contribution in [0.5, 0.6) is 0 Å². The van der Waals surface area contributed by atoms with Gasteiger partial charge in [-0.25, -0.2) is 4.79 Å². The number of ketones is 1. The number of allylic oxidation sites excluding steroid dienone is 1. The molecule has 0 aliphatic carbocycles. The smallest absolute Gasteiger partial charge is 0.350 e. The van der Waals surface area contributed by atoms with Gasteiger partial charge < -0.3 is 4.74 Å². The number of thioether (sulfide) groups is 2. The van der Waals surface area contributed by atoms with Crippen LogP contribution in [-0.4, -0.2) is 18.4 Å². The molecule has 0 atom stereocenters. The minimum Gasteiger partial charge on any atom is -0.462 e. The SMILES string of the molecule is CCOC(=O)/C(C#N)=C1/SC=C(C(=O)c2ccccc2)S1. The number of carbonyl (C=O) groups is 2. The van der Waals surface area contributed by atoms with Gasteiger partial charge in [0, 0.05) is 5.56 Å². The van der Waals surface area contributed by atoms with Gasteiger partial charge in [0.05, 0.1) is 15.7 Å². The van der Waals surface area contributed by atoms with Gasteiger partial charge in [0.1, 0.15) is 6.07 Å². The van der Waals surface area contributed by atoms with Crippen molar-refractivity contribution in [3.8, 4) is 6.07 Å². The lowest BCUT2D eigenvalue weighted by Crippen LogP contribution is -2.07. The van der Waals surface area contributed by atoms with Crippen LogP contribution < -0.4 is 0 Å². The molecule has 0 radical (unpaired) electrons. The van der Waals surface area contributed by atoms with Crippen LogP contribution in [0.4, 0.5) is 0 Å². The molecule has 6 heteroatoms. The Labute approximate surface area is 130 Å². The quantitative estimate of drug-likeness (QED) is 0.366. The molecule has 0 saturated carbocycles. The van der Waals surface area contributed by atoms with Crippen molar-refractivity contribution in [1.82, 2.24) is 0 Å². The molecule has 21 heavy (non-hydrogen) atoms. The molecule has 2 rings (SSSR count). The lowest BCUT2D eigenvalue weighted by Gasteiger charge is -2.03. The summed E-state index contributed by atoms with van der Waals surface area (Å²) in [5, 5.41) is 10.7. The standard InChI is InChI=1S/C15H11NO3S2/c1-2-19-14(18)11(8-16)15-20-9-12(21-15)13(17)10-6-4-3-5-7-10/h3-7,9H,2H2,1H3/b15-11-. The number of hydrogen-bond donors (Lipinski definition) is 0. The summed E-state index contributed by atoms with van der Waals surface area (Å²) in [4.78, 5) is 24.4. The average molecular weight is 317 g/mol. The van der Waals surface area contributed by atoms with E-state index in [0.717, 1.165) is 11.8 Å². The van der Waals surface area contributed by atoms with Crippen molar-refractivity contribution in [3.63, 3.8) is 0 Å². The van der Waals surface area contributed by atoms with Gasteiger partial charge in [-0.2, -0.15) is 5.26 Å². The number of benzene rings is 1. The Hall–Kier alpha value is -1.97. The first-order chi connectivity index (χ1) is 10.2. The second-order valence-electron chi connectivity index (χ2n) is 3.89. The summed E-state index contributed by atoms with van der Waals surface area (Å²) in [5.41, 5.74) is 0.520. The maximum atomic E-state index is 12.3. The summed E-state index contributed by atoms with van der Waals surface area (Å²) in [6, 6.07) is 10.7. The number of rotatable bonds is 4. The molecule has 0 amide bonds. The zero-order valence-electron chi connectivity index (χ0n) is 11.2. The van der Waals surface area contributed by atoms with Crippen molar-refractivity contribution in [2.24, 2.45) is 0 Å². The third-order valence-corrected chi connectivity index (χ3v) is 4.90. The molecule has 4 nitrogen and oxygen atoms in total. The molecule has 1 aromatic carbocycles. The maximum Gasteiger partial charge on any atom is 0.350 e. The lowest BCUT2D eigenvalue weighted by atomic mass is 10.1. The predicted octanol–water partition coefficient (Wildman–Crippen LogP) is 3.49. The van der Waals surface area contributed by atoms with E-state index in [1.807, 2.05) is 12.1 Å². The van der Waals surface area contributed by atoms with Crippen LogP contribution in [0.2, 0.25) is 0 Å². The van der Waals surface area contributed by atoms with Crippen LogP contribution in [0.15, 0.2) is 50.5 Å². The molecule has 0 saturated heterocycles. The lowest BCUT2D eigenvalue weighted by molar-refractivity contribution is -0.138. The zero-order valence-corrected chi connectivity index (χ0v) is 12.8. The Bertz CT molecular complexity index is 672. The second kappa shape index (κ2) is 7.16. The highest BCUT2D eigenvalue weighted by Crippen LogP contribution is 2.46. The fourth-order valence-electron chi connectivity index (χ4n) is 1.57. The summed E-state index contributed by atoms with van der Waals surface area (Å²) in [7, 11) is 0. The van der Waals surface area contributed by atoms with Crippen LogP contribution in [-0.2, 0) is 9.53 Å². The van der Waals surface area contributed by atoms with E-state index in [0.29, 0.717) is 14.7 Å². The molecule has 0 spiro atoms. The highest BCUT2D eigenvalue weighted by atomic mass is 32.2. The van der Waals surface area contributed by atoms with Crippen LogP contribution >= 0.6 is 23.5 Å². The summed E-state index contributed by atoms with van der Waals surface area (Å²) in [6.45, 7) is 1.88. The Kier molecular flexibility index (Phi) is 5.26. The van der Waals surface area contributed by atoms with E-state index in [4.69, 9.17) is 10.00 Å². The Morgan fingerprint density at radius 1 is 1.29 bits per heavy atom. The minimum absolute atomic E-state index is 0.0565. The van der Waals surface area contributed by atoms with Crippen LogP contribution in [0.25, 0.3) is 0 Å². The van der Waals surface area contributed by atoms with Crippen LogP contribution in [0.1, 0.15) is 17.3 Å². The molecule has 0 N–H and O–H groups in total. The number of nitriles is 1. The summed E-state index contributed by atoms with van der Waals surface area (Å²) in [6.07, 6.45) is 0. The number of hydrogen-bond acceptors (Lipinski definition) is 6. The first-order valence-electron chi connectivity index (χ1n) is 6.13. The van der Waals surface area contributed by atoms with Gasteiger partial charge in [-0.1, -0.05) is 53.9 Å². The fraction of sp³-hybridized carbons (Fsp3) is 0.133. The van der Waals surface area contributed by atoms with Gasteiger partial charge in [-0.3, -0.25) is 4.79 Å². The van der Waals surface area contributed by atoms with Gasteiger partial charge in [0.15, 0.2) is 11.4 Å². The van der Waals surface area contributed by atoms with E-state index in [2.05, 4.69) is 0 Å². The molecular formula is C15H11NO3S2. The van der Waals surface area contributed by atoms with E-state index in [-0.39, 0.29) is 18.0 Å². The molecule has 0 bridgehead atoms. The van der Waals surface area contributed by atoms with E-state index >= 15 is 0 Å². The first kappa shape index (κ1) is 15.4. The average Bonchev–Trinajstić information content (AvgIpc) is 2.98. The van der Waals surface area contributed by atoms with Gasteiger partial charge in [-0.05, 0) is 12.3 Å². The zero-order chi connectivity index (χ0) is 15.2. The Morgan fingerprint density at radius 3 is 2.62 bits per heavy atom. The van der Waals surface area contributed by atoms with E-state index < -0.39 is 5.97 Å². The van der Waals surface area contributed by atoms with Crippen LogP contribution in [0, 0.1) is 11.3 Å². The molecule has 0 aromatic heterocycles. The van der Waals surface area contributed by atoms with Crippen molar-refractivity contribution < 1.29 is 14.3 Å². The maximum absolute atomic E-state index is 12.3. The fourth-order valence-corrected chi connectivity index (χ4v) is 3.73. The minimum atomic E-state index is -0.656. The van der Waals surface area contributed by atoms with E-state index in [1.165, 1.54) is 11.8 Å². The van der Waals surface area contributed by atoms with E-state index in [9.17, 15) is 9.59 Å². The largest absolute Gasteiger partial charge is 0.462 e. The van der Waals surface area contributed by atoms with Crippen molar-refractivity contribution in [2.75, 3.05) is 6.61 Å². The Balaban J connectivity index is 2.18. The Morgan fingerprint density at radius 2 is 2.00 bits per heavy atom. The molecule has 0 unspecified atom stereocenters. The molecule has 1 heterocycles. The summed E-state index contributed by atoms with van der Waals surface area (Å²) < 4.78 is 5.32. The normalized spacial score (nSPS) is 15.9. The molecule has 1 aromatic rings. The molecule has 1 aliphatic rings. The van der Waals surface area contributed by atoms with Gasteiger partial charge in [0.2, 0.25) is 0 Å². The molecule has 106 valence electrons. The third-order valence-electron chi connectivity index (χ3n) is 2.53. The predicted molar refractivity (Wildman–Crippen MR) is 83.3 cm³/mol. The number of Topliss-reactive ketones (excluding diaryl/α,β-unsaturated/α-hetero) is 1. The number of carbonyl (C=O) groups excluding carboxylic acids is 2. The monoisotopic (exact) mass is 317 g/mol. The van der Waals surface area contributed by atoms with E-state index in [1.54, 1.807) is 36.6 Å². The topological polar surface area (TPSA) is 67.2 Å². The van der Waals surface area contributed by atoms with Gasteiger partial charge in [0.25, 0.3) is 0 Å². The summed E-state index contributed by atoms with van der Waals surface area (Å²) in [5.74, 6) is -0.777. The van der Waals surface area contributed by atoms with Gasteiger partial charge in [-0.15, -0.1) is 0 Å². The number of nitrogens with zero attached hydrogens (tertiary/aromatic N) is 1. The molecular weight excluding hydrogens is 306 g/mol. The van der Waals surface area contributed by atoms with Crippen molar-refractivity contribution in [3.05, 3.63) is 56.0 Å². The third kappa shape index (κ3) is 3.57. The number of ether oxygens (including phenoxy) is 1. The molecule has 1 aliphatic heterocycles. The van der Waals surface area contributed by atoms with Crippen molar-refractivity contribution >= 4 is 35.3 Å². The molecule has 0 fully saturated rings.